The van der Waals surface area contributed by atoms with Crippen LogP contribution in [0.2, 0.25) is 0 Å². The fraction of sp³-hybridized carbons (Fsp3) is 0.917. The first-order chi connectivity index (χ1) is 7.61. The van der Waals surface area contributed by atoms with Crippen molar-refractivity contribution >= 4 is 5.91 Å². The van der Waals surface area contributed by atoms with Gasteiger partial charge in [0.25, 0.3) is 0 Å². The molecular formula is C12H24N2O2. The normalized spacial score (nSPS) is 26.7. The molecular weight excluding hydrogens is 204 g/mol. The van der Waals surface area contributed by atoms with Crippen LogP contribution in [0.15, 0.2) is 0 Å². The zero-order valence-corrected chi connectivity index (χ0v) is 10.4. The average molecular weight is 228 g/mol. The van der Waals surface area contributed by atoms with Crippen molar-refractivity contribution in [1.82, 2.24) is 5.32 Å². The Morgan fingerprint density at radius 1 is 1.56 bits per heavy atom. The summed E-state index contributed by atoms with van der Waals surface area (Å²) in [6.07, 6.45) is 4.79. The maximum absolute atomic E-state index is 11.5. The van der Waals surface area contributed by atoms with Gasteiger partial charge >= 0.3 is 0 Å². The van der Waals surface area contributed by atoms with Crippen LogP contribution in [0.4, 0.5) is 0 Å². The van der Waals surface area contributed by atoms with E-state index in [0.717, 1.165) is 32.2 Å². The summed E-state index contributed by atoms with van der Waals surface area (Å²) in [5.74, 6) is 0.711. The largest absolute Gasteiger partial charge is 0.382 e. The molecule has 1 fully saturated rings. The number of carbonyl (C=O) groups excluding carboxylic acids is 1. The maximum atomic E-state index is 11.5. The van der Waals surface area contributed by atoms with Crippen molar-refractivity contribution in [2.45, 2.75) is 51.2 Å². The molecule has 1 aliphatic carbocycles. The van der Waals surface area contributed by atoms with Crippen molar-refractivity contribution in [3.8, 4) is 0 Å². The smallest absolute Gasteiger partial charge is 0.220 e. The summed E-state index contributed by atoms with van der Waals surface area (Å²) in [5.41, 5.74) is 5.82. The zero-order valence-electron chi connectivity index (χ0n) is 10.4. The highest BCUT2D eigenvalue weighted by Crippen LogP contribution is 2.23. The molecule has 0 aromatic carbocycles. The predicted molar refractivity (Wildman–Crippen MR) is 64.0 cm³/mol. The molecule has 0 aliphatic heterocycles. The lowest BCUT2D eigenvalue weighted by atomic mass is 10.1. The number of ether oxygens (including phenoxy) is 1. The van der Waals surface area contributed by atoms with Crippen molar-refractivity contribution < 1.29 is 9.53 Å². The Morgan fingerprint density at radius 2 is 2.31 bits per heavy atom. The molecule has 4 heteroatoms. The van der Waals surface area contributed by atoms with Gasteiger partial charge in [-0.05, 0) is 38.5 Å². The van der Waals surface area contributed by atoms with E-state index in [1.165, 1.54) is 0 Å². The zero-order chi connectivity index (χ0) is 12.0. The lowest BCUT2D eigenvalue weighted by molar-refractivity contribution is -0.121. The van der Waals surface area contributed by atoms with E-state index in [2.05, 4.69) is 5.32 Å². The highest BCUT2D eigenvalue weighted by atomic mass is 16.5. The molecule has 16 heavy (non-hydrogen) atoms. The second-order valence-electron chi connectivity index (χ2n) is 4.83. The van der Waals surface area contributed by atoms with Gasteiger partial charge in [0.1, 0.15) is 0 Å². The van der Waals surface area contributed by atoms with Crippen LogP contribution in [0.5, 0.6) is 0 Å². The van der Waals surface area contributed by atoms with Crippen LogP contribution in [0.3, 0.4) is 0 Å². The van der Waals surface area contributed by atoms with E-state index < -0.39 is 0 Å². The molecule has 0 aromatic rings. The number of nitrogens with two attached hydrogens (primary N) is 1. The van der Waals surface area contributed by atoms with E-state index in [9.17, 15) is 4.79 Å². The summed E-state index contributed by atoms with van der Waals surface area (Å²) in [6.45, 7) is 2.76. The fourth-order valence-electron chi connectivity index (χ4n) is 2.10. The minimum atomic E-state index is 0.129. The summed E-state index contributed by atoms with van der Waals surface area (Å²) >= 11 is 0. The summed E-state index contributed by atoms with van der Waals surface area (Å²) in [5, 5.41) is 2.97. The van der Waals surface area contributed by atoms with Gasteiger partial charge in [-0.25, -0.2) is 0 Å². The van der Waals surface area contributed by atoms with Gasteiger partial charge in [0.15, 0.2) is 0 Å². The van der Waals surface area contributed by atoms with Crippen LogP contribution >= 0.6 is 0 Å². The van der Waals surface area contributed by atoms with E-state index >= 15 is 0 Å². The molecule has 4 nitrogen and oxygen atoms in total. The van der Waals surface area contributed by atoms with Gasteiger partial charge in [-0.15, -0.1) is 0 Å². The summed E-state index contributed by atoms with van der Waals surface area (Å²) in [7, 11) is 1.67. The lowest BCUT2D eigenvalue weighted by Gasteiger charge is -2.12. The molecule has 0 heterocycles. The summed E-state index contributed by atoms with van der Waals surface area (Å²) < 4.78 is 5.10. The quantitative estimate of drug-likeness (QED) is 0.714. The number of carbonyl (C=O) groups is 1. The number of methoxy groups -OCH3 is 1. The Hall–Kier alpha value is -0.610. The monoisotopic (exact) mass is 228 g/mol. The van der Waals surface area contributed by atoms with Gasteiger partial charge in [0.2, 0.25) is 5.91 Å². The number of hydrogen-bond donors (Lipinski definition) is 2. The van der Waals surface area contributed by atoms with Crippen molar-refractivity contribution in [2.75, 3.05) is 13.7 Å². The third kappa shape index (κ3) is 4.94. The van der Waals surface area contributed by atoms with Gasteiger partial charge in [0.05, 0.1) is 6.10 Å². The second kappa shape index (κ2) is 6.86. The lowest BCUT2D eigenvalue weighted by Crippen LogP contribution is -2.29. The van der Waals surface area contributed by atoms with Crippen molar-refractivity contribution in [2.24, 2.45) is 11.7 Å². The summed E-state index contributed by atoms with van der Waals surface area (Å²) in [4.78, 5) is 11.5. The molecule has 3 atom stereocenters. The van der Waals surface area contributed by atoms with E-state index in [4.69, 9.17) is 10.5 Å². The van der Waals surface area contributed by atoms with Crippen LogP contribution in [-0.2, 0) is 9.53 Å². The Kier molecular flexibility index (Phi) is 5.77. The molecule has 1 saturated carbocycles. The highest BCUT2D eigenvalue weighted by molar-refractivity contribution is 5.75. The molecule has 3 N–H and O–H groups in total. The van der Waals surface area contributed by atoms with Crippen molar-refractivity contribution in [1.29, 1.82) is 0 Å². The van der Waals surface area contributed by atoms with Crippen LogP contribution in [0.25, 0.3) is 0 Å². The molecule has 1 rings (SSSR count). The van der Waals surface area contributed by atoms with Crippen LogP contribution < -0.4 is 11.1 Å². The minimum absolute atomic E-state index is 0.129. The predicted octanol–water partition coefficient (Wildman–Crippen LogP) is 1.05. The van der Waals surface area contributed by atoms with Gasteiger partial charge in [-0.3, -0.25) is 4.79 Å². The van der Waals surface area contributed by atoms with E-state index in [1.54, 1.807) is 7.11 Å². The van der Waals surface area contributed by atoms with E-state index in [1.807, 2.05) is 6.92 Å². The molecule has 0 saturated heterocycles. The number of amides is 1. The van der Waals surface area contributed by atoms with Crippen LogP contribution in [-0.4, -0.2) is 31.7 Å². The number of nitrogens with one attached hydrogen (secondary N) is 1. The Balaban J connectivity index is 2.06. The first kappa shape index (κ1) is 13.5. The van der Waals surface area contributed by atoms with Crippen LogP contribution in [0.1, 0.15) is 39.0 Å². The van der Waals surface area contributed by atoms with Gasteiger partial charge in [0, 0.05) is 26.1 Å². The van der Waals surface area contributed by atoms with E-state index in [0.29, 0.717) is 18.4 Å². The molecule has 1 amide bonds. The fourth-order valence-corrected chi connectivity index (χ4v) is 2.10. The first-order valence-corrected chi connectivity index (χ1v) is 6.17. The number of hydrogen-bond acceptors (Lipinski definition) is 3. The van der Waals surface area contributed by atoms with Gasteiger partial charge < -0.3 is 15.8 Å². The third-order valence-corrected chi connectivity index (χ3v) is 3.35. The highest BCUT2D eigenvalue weighted by Gasteiger charge is 2.21. The minimum Gasteiger partial charge on any atom is -0.382 e. The van der Waals surface area contributed by atoms with Crippen molar-refractivity contribution in [3.63, 3.8) is 0 Å². The van der Waals surface area contributed by atoms with Gasteiger partial charge in [-0.1, -0.05) is 0 Å². The number of rotatable bonds is 6. The molecule has 94 valence electrons. The third-order valence-electron chi connectivity index (χ3n) is 3.35. The topological polar surface area (TPSA) is 64.3 Å². The average Bonchev–Trinajstić information content (AvgIpc) is 2.69. The molecule has 0 spiro atoms. The Morgan fingerprint density at radius 3 is 2.88 bits per heavy atom. The molecule has 0 radical (unpaired) electrons. The summed E-state index contributed by atoms with van der Waals surface area (Å²) in [6, 6.07) is 0.343. The molecule has 3 unspecified atom stereocenters. The standard InChI is InChI=1S/C12H24N2O2/c1-9(16-2)3-6-12(15)14-8-10-4-5-11(13)7-10/h9-11H,3-8,13H2,1-2H3,(H,14,15). The first-order valence-electron chi connectivity index (χ1n) is 6.17. The molecule has 0 bridgehead atoms. The molecule has 1 aliphatic rings. The van der Waals surface area contributed by atoms with Crippen LogP contribution in [0, 0.1) is 5.92 Å². The van der Waals surface area contributed by atoms with E-state index in [-0.39, 0.29) is 12.0 Å². The second-order valence-corrected chi connectivity index (χ2v) is 4.83. The maximum Gasteiger partial charge on any atom is 0.220 e. The van der Waals surface area contributed by atoms with Gasteiger partial charge in [-0.2, -0.15) is 0 Å². The Labute approximate surface area is 97.9 Å². The Bertz CT molecular complexity index is 221. The van der Waals surface area contributed by atoms with Crippen molar-refractivity contribution in [3.05, 3.63) is 0 Å². The molecule has 0 aromatic heterocycles. The SMILES string of the molecule is COC(C)CCC(=O)NCC1CCC(N)C1.